The summed E-state index contributed by atoms with van der Waals surface area (Å²) in [5.74, 6) is -0.997. The van der Waals surface area contributed by atoms with Crippen molar-refractivity contribution in [1.82, 2.24) is 6.15 Å². The third kappa shape index (κ3) is 15.7. The minimum Gasteiger partial charge on any atom is -0.396 e. The van der Waals surface area contributed by atoms with Crippen molar-refractivity contribution in [1.29, 1.82) is 0 Å². The first-order valence-corrected chi connectivity index (χ1v) is 9.65. The van der Waals surface area contributed by atoms with E-state index in [1.165, 1.54) is 38.5 Å². The lowest BCUT2D eigenvalue weighted by Crippen LogP contribution is -2.16. The summed E-state index contributed by atoms with van der Waals surface area (Å²) in [4.78, 5) is 11.4. The number of carbonyl (C=O) groups is 1. The van der Waals surface area contributed by atoms with Gasteiger partial charge in [-0.05, 0) is 12.8 Å². The van der Waals surface area contributed by atoms with Crippen LogP contribution in [0.25, 0.3) is 0 Å². The van der Waals surface area contributed by atoms with Crippen molar-refractivity contribution >= 4 is 16.1 Å². The topological polar surface area (TPSA) is 116 Å². The molecule has 22 heavy (non-hydrogen) atoms. The largest absolute Gasteiger partial charge is 0.396 e. The van der Waals surface area contributed by atoms with Gasteiger partial charge in [-0.25, -0.2) is 0 Å². The quantitative estimate of drug-likeness (QED) is 0.370. The first kappa shape index (κ1) is 23.6. The maximum atomic E-state index is 11.4. The van der Waals surface area contributed by atoms with Gasteiger partial charge < -0.3 is 15.4 Å². The van der Waals surface area contributed by atoms with E-state index in [9.17, 15) is 13.2 Å². The molecule has 0 aliphatic heterocycles. The average Bonchev–Trinajstić information content (AvgIpc) is 2.43. The molecule has 0 atom stereocenters. The Morgan fingerprint density at radius 1 is 0.909 bits per heavy atom. The fraction of sp³-hybridized carbons (Fsp3) is 0.933. The van der Waals surface area contributed by atoms with Gasteiger partial charge in [-0.2, -0.15) is 8.42 Å². The summed E-state index contributed by atoms with van der Waals surface area (Å²) in [6.45, 7) is 1.97. The maximum Gasteiger partial charge on any atom is 0.322 e. The molecule has 0 rings (SSSR count). The van der Waals surface area contributed by atoms with Gasteiger partial charge in [-0.1, -0.05) is 58.3 Å². The van der Waals surface area contributed by atoms with E-state index in [1.54, 1.807) is 0 Å². The van der Waals surface area contributed by atoms with Gasteiger partial charge in [0.05, 0.1) is 5.75 Å². The number of hydrogen-bond donors (Lipinski definition) is 2. The molecule has 7 heteroatoms. The lowest BCUT2D eigenvalue weighted by molar-refractivity contribution is -0.133. The van der Waals surface area contributed by atoms with Gasteiger partial charge in [-0.15, -0.1) is 0 Å². The molecule has 0 aromatic carbocycles. The van der Waals surface area contributed by atoms with Crippen LogP contribution < -0.4 is 6.15 Å². The monoisotopic (exact) mass is 339 g/mol. The second kappa shape index (κ2) is 15.2. The van der Waals surface area contributed by atoms with Gasteiger partial charge in [0.25, 0.3) is 0 Å². The van der Waals surface area contributed by atoms with E-state index in [0.717, 1.165) is 12.8 Å². The van der Waals surface area contributed by atoms with Crippen LogP contribution in [0, 0.1) is 0 Å². The summed E-state index contributed by atoms with van der Waals surface area (Å²) in [5, 5.41) is 8.55. The zero-order valence-corrected chi connectivity index (χ0v) is 14.7. The normalized spacial score (nSPS) is 11.0. The Labute approximate surface area is 135 Å². The van der Waals surface area contributed by atoms with Crippen molar-refractivity contribution in [3.8, 4) is 0 Å². The fourth-order valence-corrected chi connectivity index (χ4v) is 2.98. The molecule has 0 amide bonds. The number of carbonyl (C=O) groups excluding carboxylic acids is 1. The molecule has 0 unspecified atom stereocenters. The van der Waals surface area contributed by atoms with Crippen LogP contribution in [-0.2, 0) is 19.1 Å². The lowest BCUT2D eigenvalue weighted by atomic mass is 10.1. The molecule has 0 aromatic rings. The van der Waals surface area contributed by atoms with Crippen LogP contribution in [-0.4, -0.2) is 31.9 Å². The van der Waals surface area contributed by atoms with Crippen molar-refractivity contribution in [2.24, 2.45) is 0 Å². The molecule has 0 spiro atoms. The number of aliphatic hydroxyl groups excluding tert-OH is 1. The highest BCUT2D eigenvalue weighted by Crippen LogP contribution is 2.11. The minimum absolute atomic E-state index is 0. The molecule has 6 nitrogen and oxygen atoms in total. The molecule has 0 radical (unpaired) electrons. The number of rotatable bonds is 14. The second-order valence-electron chi connectivity index (χ2n) is 5.37. The minimum atomic E-state index is -3.81. The summed E-state index contributed by atoms with van der Waals surface area (Å²) < 4.78 is 27.0. The van der Waals surface area contributed by atoms with Crippen molar-refractivity contribution in [2.75, 3.05) is 12.4 Å². The highest BCUT2D eigenvalue weighted by atomic mass is 32.2. The molecule has 0 saturated heterocycles. The Morgan fingerprint density at radius 3 is 1.91 bits per heavy atom. The standard InChI is InChI=1S/C15H30O5S.H3N/c1-2-3-4-5-6-7-8-9-10-12-15(17)20-21(18,19)14-11-13-16;/h16H,2-14H2,1H3;1H3. The zero-order chi connectivity index (χ0) is 16.0. The van der Waals surface area contributed by atoms with Gasteiger partial charge in [-0.3, -0.25) is 4.79 Å². The molecule has 0 bridgehead atoms. The van der Waals surface area contributed by atoms with Gasteiger partial charge in [0, 0.05) is 13.0 Å². The van der Waals surface area contributed by atoms with E-state index in [4.69, 9.17) is 5.11 Å². The molecule has 0 heterocycles. The first-order valence-electron chi connectivity index (χ1n) is 8.07. The van der Waals surface area contributed by atoms with E-state index in [0.29, 0.717) is 6.42 Å². The van der Waals surface area contributed by atoms with Crippen molar-refractivity contribution in [3.63, 3.8) is 0 Å². The van der Waals surface area contributed by atoms with Gasteiger partial charge in [0.15, 0.2) is 0 Å². The maximum absolute atomic E-state index is 11.4. The van der Waals surface area contributed by atoms with Crippen molar-refractivity contribution in [3.05, 3.63) is 0 Å². The van der Waals surface area contributed by atoms with Gasteiger partial charge in [0.1, 0.15) is 0 Å². The third-order valence-electron chi connectivity index (χ3n) is 3.26. The second-order valence-corrected chi connectivity index (χ2v) is 7.06. The number of unbranched alkanes of at least 4 members (excludes halogenated alkanes) is 8. The van der Waals surface area contributed by atoms with Gasteiger partial charge in [0.2, 0.25) is 0 Å². The molecular formula is C15H33NO5S. The van der Waals surface area contributed by atoms with Crippen LogP contribution in [0.5, 0.6) is 0 Å². The Kier molecular flexibility index (Phi) is 16.4. The molecule has 134 valence electrons. The summed E-state index contributed by atoms with van der Waals surface area (Å²) in [5.41, 5.74) is 0. The smallest absolute Gasteiger partial charge is 0.322 e. The average molecular weight is 339 g/mol. The van der Waals surface area contributed by atoms with E-state index < -0.39 is 16.1 Å². The van der Waals surface area contributed by atoms with Crippen LogP contribution in [0.15, 0.2) is 0 Å². The SMILES string of the molecule is CCCCCCCCCCCC(=O)OS(=O)(=O)CCCO.N. The van der Waals surface area contributed by atoms with Crippen molar-refractivity contribution in [2.45, 2.75) is 77.6 Å². The van der Waals surface area contributed by atoms with Crippen LogP contribution in [0.4, 0.5) is 0 Å². The molecule has 0 aromatic heterocycles. The number of hydrogen-bond acceptors (Lipinski definition) is 6. The highest BCUT2D eigenvalue weighted by molar-refractivity contribution is 7.87. The Morgan fingerprint density at radius 2 is 1.41 bits per heavy atom. The first-order chi connectivity index (χ1) is 10.0. The van der Waals surface area contributed by atoms with Crippen molar-refractivity contribution < 1.29 is 22.5 Å². The van der Waals surface area contributed by atoms with Crippen LogP contribution in [0.3, 0.4) is 0 Å². The number of aliphatic hydroxyl groups is 1. The third-order valence-corrected chi connectivity index (χ3v) is 4.49. The predicted octanol–water partition coefficient (Wildman–Crippen LogP) is 3.32. The lowest BCUT2D eigenvalue weighted by Gasteiger charge is -2.05. The van der Waals surface area contributed by atoms with Gasteiger partial charge >= 0.3 is 16.1 Å². The molecule has 0 fully saturated rings. The molecule has 0 aliphatic rings. The molecular weight excluding hydrogens is 306 g/mol. The van der Waals surface area contributed by atoms with E-state index in [1.807, 2.05) is 0 Å². The molecule has 0 saturated carbocycles. The zero-order valence-electron chi connectivity index (χ0n) is 13.9. The summed E-state index contributed by atoms with van der Waals surface area (Å²) in [6, 6.07) is 0. The van der Waals surface area contributed by atoms with Crippen LogP contribution in [0.1, 0.15) is 77.6 Å². The Balaban J connectivity index is 0. The molecule has 4 N–H and O–H groups in total. The summed E-state index contributed by atoms with van der Waals surface area (Å²) >= 11 is 0. The summed E-state index contributed by atoms with van der Waals surface area (Å²) in [6.07, 6.45) is 10.5. The Bertz CT molecular complexity index is 357. The Hall–Kier alpha value is -0.660. The van der Waals surface area contributed by atoms with E-state index in [2.05, 4.69) is 11.1 Å². The van der Waals surface area contributed by atoms with Crippen LogP contribution in [0.2, 0.25) is 0 Å². The predicted molar refractivity (Wildman–Crippen MR) is 88.4 cm³/mol. The fourth-order valence-electron chi connectivity index (χ4n) is 2.05. The highest BCUT2D eigenvalue weighted by Gasteiger charge is 2.16. The van der Waals surface area contributed by atoms with Crippen LogP contribution >= 0.6 is 0 Å². The summed E-state index contributed by atoms with van der Waals surface area (Å²) in [7, 11) is -3.81. The van der Waals surface area contributed by atoms with E-state index in [-0.39, 0.29) is 31.4 Å². The molecule has 0 aliphatic carbocycles. The van der Waals surface area contributed by atoms with E-state index >= 15 is 0 Å².